The third-order valence-corrected chi connectivity index (χ3v) is 6.96. The van der Waals surface area contributed by atoms with Crippen LogP contribution in [0, 0.1) is 0 Å². The lowest BCUT2D eigenvalue weighted by molar-refractivity contribution is -0.139. The summed E-state index contributed by atoms with van der Waals surface area (Å²) in [6, 6.07) is 13.2. The molecule has 0 radical (unpaired) electrons. The Morgan fingerprint density at radius 2 is 1.92 bits per heavy atom. The lowest BCUT2D eigenvalue weighted by Gasteiger charge is -2.25. The number of furan rings is 1. The molecule has 1 amide bonds. The minimum Gasteiger partial charge on any atom is -0.486 e. The summed E-state index contributed by atoms with van der Waals surface area (Å²) in [5, 5.41) is 12.4. The van der Waals surface area contributed by atoms with Crippen molar-refractivity contribution >= 4 is 29.2 Å². The summed E-state index contributed by atoms with van der Waals surface area (Å²) in [5.74, 6) is -0.304. The second-order valence-electron chi connectivity index (χ2n) is 9.50. The molecule has 1 aliphatic rings. The molecule has 2 aromatic heterocycles. The Balaban J connectivity index is 1.37. The largest absolute Gasteiger partial charge is 0.486 e. The van der Waals surface area contributed by atoms with Crippen molar-refractivity contribution in [3.63, 3.8) is 0 Å². The molecule has 1 atom stereocenters. The first-order valence-corrected chi connectivity index (χ1v) is 12.8. The Hall–Kier alpha value is -4.40. The van der Waals surface area contributed by atoms with Crippen molar-refractivity contribution in [2.45, 2.75) is 50.6 Å². The van der Waals surface area contributed by atoms with Crippen molar-refractivity contribution in [1.29, 1.82) is 0 Å². The maximum Gasteiger partial charge on any atom is 0.326 e. The van der Waals surface area contributed by atoms with Crippen LogP contribution in [0.25, 0.3) is 22.4 Å². The molecule has 38 heavy (non-hydrogen) atoms. The lowest BCUT2D eigenvalue weighted by atomic mass is 9.95. The monoisotopic (exact) mass is 515 g/mol. The van der Waals surface area contributed by atoms with E-state index >= 15 is 0 Å². The third-order valence-electron chi connectivity index (χ3n) is 6.96. The van der Waals surface area contributed by atoms with Gasteiger partial charge in [0.1, 0.15) is 30.5 Å². The summed E-state index contributed by atoms with van der Waals surface area (Å²) in [6.45, 7) is -0.0556. The van der Waals surface area contributed by atoms with Gasteiger partial charge in [-0.25, -0.2) is 9.78 Å². The maximum atomic E-state index is 13.1. The van der Waals surface area contributed by atoms with E-state index in [0.717, 1.165) is 29.7 Å². The lowest BCUT2D eigenvalue weighted by Crippen LogP contribution is -2.42. The van der Waals surface area contributed by atoms with Crippen molar-refractivity contribution < 1.29 is 28.6 Å². The molecular formula is C29H29N3O6. The number of fused-ring (bicyclic) bond motifs is 1. The van der Waals surface area contributed by atoms with Gasteiger partial charge in [0, 0.05) is 18.0 Å². The molecule has 9 nitrogen and oxygen atoms in total. The quantitative estimate of drug-likeness (QED) is 0.291. The second-order valence-corrected chi connectivity index (χ2v) is 9.50. The molecule has 4 aromatic rings. The van der Waals surface area contributed by atoms with Crippen LogP contribution in [0.4, 0.5) is 0 Å². The number of aliphatic carboxylic acids is 1. The van der Waals surface area contributed by atoms with Crippen LogP contribution in [0.1, 0.15) is 54.1 Å². The molecule has 0 spiro atoms. The Morgan fingerprint density at radius 3 is 2.61 bits per heavy atom. The van der Waals surface area contributed by atoms with E-state index in [1.165, 1.54) is 19.3 Å². The minimum atomic E-state index is -1.13. The number of rotatable bonds is 10. The van der Waals surface area contributed by atoms with E-state index < -0.39 is 17.9 Å². The van der Waals surface area contributed by atoms with E-state index in [2.05, 4.69) is 9.88 Å². The number of nitrogens with one attached hydrogen (secondary N) is 1. The average molecular weight is 516 g/mol. The topological polar surface area (TPSA) is 124 Å². The SMILES string of the molecule is O=CCOc1ccc(C[C@H](NC(=O)c2ccc3c(c2)nc(-c2ccoc2)n3C2CCCCC2)C(=O)O)cc1. The fourth-order valence-electron chi connectivity index (χ4n) is 5.07. The van der Waals surface area contributed by atoms with E-state index in [-0.39, 0.29) is 13.0 Å². The van der Waals surface area contributed by atoms with Gasteiger partial charge in [0.15, 0.2) is 6.29 Å². The van der Waals surface area contributed by atoms with E-state index in [1.807, 2.05) is 12.1 Å². The normalized spacial score (nSPS) is 14.7. The fourth-order valence-corrected chi connectivity index (χ4v) is 5.07. The van der Waals surface area contributed by atoms with Gasteiger partial charge in [-0.2, -0.15) is 0 Å². The molecule has 1 saturated carbocycles. The van der Waals surface area contributed by atoms with Gasteiger partial charge in [-0.1, -0.05) is 31.4 Å². The maximum absolute atomic E-state index is 13.1. The highest BCUT2D eigenvalue weighted by Gasteiger charge is 2.25. The minimum absolute atomic E-state index is 0.0556. The number of carbonyl (C=O) groups is 3. The summed E-state index contributed by atoms with van der Waals surface area (Å²) in [4.78, 5) is 40.4. The number of amides is 1. The van der Waals surface area contributed by atoms with E-state index in [9.17, 15) is 19.5 Å². The molecule has 196 valence electrons. The number of carboxylic acids is 1. The van der Waals surface area contributed by atoms with Gasteiger partial charge in [-0.05, 0) is 54.8 Å². The fraction of sp³-hybridized carbons (Fsp3) is 0.310. The predicted octanol–water partition coefficient (Wildman–Crippen LogP) is 4.80. The highest BCUT2D eigenvalue weighted by Crippen LogP contribution is 2.36. The number of aldehydes is 1. The van der Waals surface area contributed by atoms with E-state index in [1.54, 1.807) is 48.9 Å². The molecule has 5 rings (SSSR count). The molecule has 0 bridgehead atoms. The van der Waals surface area contributed by atoms with E-state index in [4.69, 9.17) is 14.1 Å². The van der Waals surface area contributed by atoms with Crippen LogP contribution < -0.4 is 10.1 Å². The van der Waals surface area contributed by atoms with Crippen LogP contribution >= 0.6 is 0 Å². The Bertz CT molecular complexity index is 1420. The third kappa shape index (κ3) is 5.46. The molecule has 9 heteroatoms. The van der Waals surface area contributed by atoms with Crippen LogP contribution in [0.5, 0.6) is 5.75 Å². The summed E-state index contributed by atoms with van der Waals surface area (Å²) in [7, 11) is 0. The van der Waals surface area contributed by atoms with Gasteiger partial charge in [0.25, 0.3) is 5.91 Å². The van der Waals surface area contributed by atoms with Crippen molar-refractivity contribution in [1.82, 2.24) is 14.9 Å². The highest BCUT2D eigenvalue weighted by molar-refractivity contribution is 5.99. The number of hydrogen-bond donors (Lipinski definition) is 2. The van der Waals surface area contributed by atoms with Crippen molar-refractivity contribution in [2.24, 2.45) is 0 Å². The van der Waals surface area contributed by atoms with Gasteiger partial charge >= 0.3 is 5.97 Å². The Morgan fingerprint density at radius 1 is 1.13 bits per heavy atom. The van der Waals surface area contributed by atoms with E-state index in [0.29, 0.717) is 34.7 Å². The van der Waals surface area contributed by atoms with Crippen molar-refractivity contribution in [3.05, 3.63) is 72.2 Å². The zero-order valence-corrected chi connectivity index (χ0v) is 20.8. The van der Waals surface area contributed by atoms with Gasteiger partial charge in [0.2, 0.25) is 0 Å². The van der Waals surface area contributed by atoms with Gasteiger partial charge in [-0.15, -0.1) is 0 Å². The number of hydrogen-bond acceptors (Lipinski definition) is 6. The van der Waals surface area contributed by atoms with Crippen LogP contribution in [-0.4, -0.2) is 45.5 Å². The zero-order chi connectivity index (χ0) is 26.5. The predicted molar refractivity (Wildman–Crippen MR) is 140 cm³/mol. The van der Waals surface area contributed by atoms with Crippen molar-refractivity contribution in [3.8, 4) is 17.1 Å². The zero-order valence-electron chi connectivity index (χ0n) is 20.8. The first kappa shape index (κ1) is 25.3. The van der Waals surface area contributed by atoms with Gasteiger partial charge in [0.05, 0.1) is 22.9 Å². The molecule has 2 aromatic carbocycles. The standard InChI is InChI=1S/C29H29N3O6/c33-13-15-38-23-9-6-19(7-10-23)16-25(29(35)36)31-28(34)20-8-11-26-24(17-20)30-27(21-12-14-37-18-21)32(26)22-4-2-1-3-5-22/h6-14,17-18,22,25H,1-5,15-16H2,(H,31,34)(H,35,36)/t25-/m0/s1. The highest BCUT2D eigenvalue weighted by atomic mass is 16.5. The summed E-state index contributed by atoms with van der Waals surface area (Å²) in [5.41, 5.74) is 3.55. The smallest absolute Gasteiger partial charge is 0.326 e. The molecule has 0 aliphatic heterocycles. The average Bonchev–Trinajstić information content (AvgIpc) is 3.60. The first-order valence-electron chi connectivity index (χ1n) is 12.8. The molecule has 0 unspecified atom stereocenters. The first-order chi connectivity index (χ1) is 18.5. The number of imidazole rings is 1. The Labute approximate surface area is 219 Å². The molecular weight excluding hydrogens is 486 g/mol. The van der Waals surface area contributed by atoms with Crippen LogP contribution in [-0.2, 0) is 16.0 Å². The molecule has 2 heterocycles. The van der Waals surface area contributed by atoms with Crippen LogP contribution in [0.3, 0.4) is 0 Å². The van der Waals surface area contributed by atoms with Gasteiger partial charge < -0.3 is 24.1 Å². The molecule has 0 saturated heterocycles. The number of aromatic nitrogens is 2. The molecule has 1 fully saturated rings. The van der Waals surface area contributed by atoms with Crippen LogP contribution in [0.15, 0.2) is 65.5 Å². The molecule has 2 N–H and O–H groups in total. The Kier molecular flexibility index (Phi) is 7.53. The number of carbonyl (C=O) groups excluding carboxylic acids is 2. The van der Waals surface area contributed by atoms with Crippen molar-refractivity contribution in [2.75, 3.05) is 6.61 Å². The summed E-state index contributed by atoms with van der Waals surface area (Å²) >= 11 is 0. The second kappa shape index (κ2) is 11.3. The summed E-state index contributed by atoms with van der Waals surface area (Å²) in [6.07, 6.45) is 9.76. The van der Waals surface area contributed by atoms with Gasteiger partial charge in [-0.3, -0.25) is 9.59 Å². The number of nitrogens with zero attached hydrogens (tertiary/aromatic N) is 2. The molecule has 1 aliphatic carbocycles. The van der Waals surface area contributed by atoms with Crippen LogP contribution in [0.2, 0.25) is 0 Å². The number of carboxylic acid groups (broad SMARTS) is 1. The number of benzene rings is 2. The summed E-state index contributed by atoms with van der Waals surface area (Å²) < 4.78 is 12.8. The number of ether oxygens (including phenoxy) is 1.